The Balaban J connectivity index is 2.42. The van der Waals surface area contributed by atoms with E-state index >= 15 is 0 Å². The van der Waals surface area contributed by atoms with Crippen molar-refractivity contribution in [3.05, 3.63) is 40.1 Å². The second kappa shape index (κ2) is 4.19. The second-order valence-corrected chi connectivity index (χ2v) is 4.24. The Morgan fingerprint density at radius 1 is 1.50 bits per heavy atom. The maximum Gasteiger partial charge on any atom is 0.355 e. The molecule has 2 rings (SSSR count). The molecule has 82 valence electrons. The number of carboxylic acid groups (broad SMARTS) is 1. The number of hydrogen-bond donors (Lipinski definition) is 1. The van der Waals surface area contributed by atoms with Crippen LogP contribution in [0.2, 0.25) is 5.02 Å². The van der Waals surface area contributed by atoms with Crippen LogP contribution >= 0.6 is 22.9 Å². The molecule has 0 saturated carbocycles. The molecule has 0 unspecified atom stereocenters. The summed E-state index contributed by atoms with van der Waals surface area (Å²) in [6, 6.07) is 4.15. The highest BCUT2D eigenvalue weighted by molar-refractivity contribution is 7.13. The molecule has 1 heterocycles. The summed E-state index contributed by atoms with van der Waals surface area (Å²) in [7, 11) is 0. The van der Waals surface area contributed by atoms with E-state index in [0.29, 0.717) is 10.6 Å². The predicted molar refractivity (Wildman–Crippen MR) is 59.5 cm³/mol. The van der Waals surface area contributed by atoms with Crippen LogP contribution in [0, 0.1) is 5.82 Å². The van der Waals surface area contributed by atoms with Crippen molar-refractivity contribution >= 4 is 28.9 Å². The van der Waals surface area contributed by atoms with Crippen molar-refractivity contribution in [3.8, 4) is 10.6 Å². The number of thiazole rings is 1. The topological polar surface area (TPSA) is 50.2 Å². The largest absolute Gasteiger partial charge is 0.476 e. The Morgan fingerprint density at radius 3 is 2.81 bits per heavy atom. The lowest BCUT2D eigenvalue weighted by molar-refractivity contribution is 0.0691. The SMILES string of the molecule is O=C(O)c1csc(-c2ccc(F)c(Cl)c2)n1. The molecular weight excluding hydrogens is 253 g/mol. The van der Waals surface area contributed by atoms with Gasteiger partial charge in [-0.25, -0.2) is 14.2 Å². The van der Waals surface area contributed by atoms with Gasteiger partial charge >= 0.3 is 5.97 Å². The summed E-state index contributed by atoms with van der Waals surface area (Å²) in [6.45, 7) is 0. The maximum atomic E-state index is 12.9. The Morgan fingerprint density at radius 2 is 2.25 bits per heavy atom. The molecule has 1 N–H and O–H groups in total. The molecule has 0 saturated heterocycles. The molecule has 0 fully saturated rings. The fraction of sp³-hybridized carbons (Fsp3) is 0. The quantitative estimate of drug-likeness (QED) is 0.898. The zero-order chi connectivity index (χ0) is 11.7. The molecular formula is C10H5ClFNO2S. The van der Waals surface area contributed by atoms with Gasteiger partial charge < -0.3 is 5.11 Å². The van der Waals surface area contributed by atoms with Crippen molar-refractivity contribution in [2.45, 2.75) is 0 Å². The summed E-state index contributed by atoms with van der Waals surface area (Å²) in [6.07, 6.45) is 0. The van der Waals surface area contributed by atoms with Crippen LogP contribution in [0.1, 0.15) is 10.5 Å². The summed E-state index contributed by atoms with van der Waals surface area (Å²) < 4.78 is 12.9. The van der Waals surface area contributed by atoms with E-state index in [1.807, 2.05) is 0 Å². The van der Waals surface area contributed by atoms with E-state index in [0.717, 1.165) is 0 Å². The predicted octanol–water partition coefficient (Wildman–Crippen LogP) is 3.30. The zero-order valence-corrected chi connectivity index (χ0v) is 9.35. The summed E-state index contributed by atoms with van der Waals surface area (Å²) in [4.78, 5) is 14.5. The van der Waals surface area contributed by atoms with Crippen molar-refractivity contribution in [2.75, 3.05) is 0 Å². The molecule has 0 amide bonds. The fourth-order valence-corrected chi connectivity index (χ4v) is 2.11. The third-order valence-electron chi connectivity index (χ3n) is 1.89. The Hall–Kier alpha value is -1.46. The number of aromatic carboxylic acids is 1. The number of hydrogen-bond acceptors (Lipinski definition) is 3. The number of carboxylic acids is 1. The van der Waals surface area contributed by atoms with Crippen LogP contribution in [0.4, 0.5) is 4.39 Å². The van der Waals surface area contributed by atoms with E-state index in [9.17, 15) is 9.18 Å². The van der Waals surface area contributed by atoms with E-state index in [-0.39, 0.29) is 10.7 Å². The van der Waals surface area contributed by atoms with Crippen molar-refractivity contribution < 1.29 is 14.3 Å². The van der Waals surface area contributed by atoms with Gasteiger partial charge in [0.25, 0.3) is 0 Å². The van der Waals surface area contributed by atoms with Gasteiger partial charge in [-0.05, 0) is 18.2 Å². The van der Waals surface area contributed by atoms with Gasteiger partial charge in [0.15, 0.2) is 5.69 Å². The number of carbonyl (C=O) groups is 1. The minimum Gasteiger partial charge on any atom is -0.476 e. The van der Waals surface area contributed by atoms with Gasteiger partial charge in [-0.3, -0.25) is 0 Å². The zero-order valence-electron chi connectivity index (χ0n) is 7.78. The Kier molecular flexibility index (Phi) is 2.89. The molecule has 1 aromatic carbocycles. The Labute approximate surface area is 99.1 Å². The fourth-order valence-electron chi connectivity index (χ4n) is 1.13. The summed E-state index contributed by atoms with van der Waals surface area (Å²) in [5, 5.41) is 10.6. The minimum absolute atomic E-state index is 0.00965. The molecule has 0 aliphatic rings. The average molecular weight is 258 g/mol. The smallest absolute Gasteiger partial charge is 0.355 e. The van der Waals surface area contributed by atoms with E-state index in [1.165, 1.54) is 34.9 Å². The summed E-state index contributed by atoms with van der Waals surface area (Å²) in [5.74, 6) is -1.60. The van der Waals surface area contributed by atoms with Crippen LogP contribution in [-0.2, 0) is 0 Å². The van der Waals surface area contributed by atoms with E-state index in [4.69, 9.17) is 16.7 Å². The molecule has 1 aromatic heterocycles. The average Bonchev–Trinajstić information content (AvgIpc) is 2.71. The highest BCUT2D eigenvalue weighted by atomic mass is 35.5. The highest BCUT2D eigenvalue weighted by Gasteiger charge is 2.11. The molecule has 6 heteroatoms. The molecule has 0 aliphatic carbocycles. The van der Waals surface area contributed by atoms with Crippen LogP contribution in [0.25, 0.3) is 10.6 Å². The van der Waals surface area contributed by atoms with Crippen LogP contribution in [0.5, 0.6) is 0 Å². The number of rotatable bonds is 2. The molecule has 16 heavy (non-hydrogen) atoms. The normalized spacial score (nSPS) is 10.4. The van der Waals surface area contributed by atoms with Gasteiger partial charge in [0, 0.05) is 10.9 Å². The molecule has 0 radical (unpaired) electrons. The highest BCUT2D eigenvalue weighted by Crippen LogP contribution is 2.27. The van der Waals surface area contributed by atoms with E-state index in [2.05, 4.69) is 4.98 Å². The first-order chi connectivity index (χ1) is 7.58. The van der Waals surface area contributed by atoms with Crippen molar-refractivity contribution in [1.82, 2.24) is 4.98 Å². The number of halogens is 2. The second-order valence-electron chi connectivity index (χ2n) is 2.97. The van der Waals surface area contributed by atoms with Crippen LogP contribution in [-0.4, -0.2) is 16.1 Å². The van der Waals surface area contributed by atoms with Crippen LogP contribution in [0.3, 0.4) is 0 Å². The molecule has 0 aliphatic heterocycles. The molecule has 0 bridgehead atoms. The lowest BCUT2D eigenvalue weighted by Crippen LogP contribution is -1.95. The van der Waals surface area contributed by atoms with Crippen molar-refractivity contribution in [1.29, 1.82) is 0 Å². The number of benzene rings is 1. The first-order valence-electron chi connectivity index (χ1n) is 4.22. The van der Waals surface area contributed by atoms with Crippen LogP contribution in [0.15, 0.2) is 23.6 Å². The standard InChI is InChI=1S/C10H5ClFNO2S/c11-6-3-5(1-2-7(6)12)9-13-8(4-16-9)10(14)15/h1-4H,(H,14,15). The maximum absolute atomic E-state index is 12.9. The molecule has 2 aromatic rings. The summed E-state index contributed by atoms with van der Waals surface area (Å²) >= 11 is 6.79. The first kappa shape index (κ1) is 11.0. The summed E-state index contributed by atoms with van der Waals surface area (Å²) in [5.41, 5.74) is 0.573. The number of nitrogens with zero attached hydrogens (tertiary/aromatic N) is 1. The van der Waals surface area contributed by atoms with Crippen molar-refractivity contribution in [3.63, 3.8) is 0 Å². The molecule has 0 atom stereocenters. The van der Waals surface area contributed by atoms with Crippen LogP contribution < -0.4 is 0 Å². The van der Waals surface area contributed by atoms with Gasteiger partial charge in [-0.1, -0.05) is 11.6 Å². The van der Waals surface area contributed by atoms with Gasteiger partial charge in [0.1, 0.15) is 10.8 Å². The minimum atomic E-state index is -1.09. The van der Waals surface area contributed by atoms with E-state index < -0.39 is 11.8 Å². The molecule has 3 nitrogen and oxygen atoms in total. The lowest BCUT2D eigenvalue weighted by Gasteiger charge is -1.97. The van der Waals surface area contributed by atoms with Gasteiger partial charge in [0.05, 0.1) is 5.02 Å². The van der Waals surface area contributed by atoms with E-state index in [1.54, 1.807) is 0 Å². The third kappa shape index (κ3) is 2.05. The van der Waals surface area contributed by atoms with Gasteiger partial charge in [-0.2, -0.15) is 0 Å². The van der Waals surface area contributed by atoms with Gasteiger partial charge in [-0.15, -0.1) is 11.3 Å². The Bertz CT molecular complexity index is 556. The van der Waals surface area contributed by atoms with Crippen molar-refractivity contribution in [2.24, 2.45) is 0 Å². The first-order valence-corrected chi connectivity index (χ1v) is 5.48. The lowest BCUT2D eigenvalue weighted by atomic mass is 10.2. The third-order valence-corrected chi connectivity index (χ3v) is 3.07. The monoisotopic (exact) mass is 257 g/mol. The molecule has 0 spiro atoms. The number of aromatic nitrogens is 1. The van der Waals surface area contributed by atoms with Gasteiger partial charge in [0.2, 0.25) is 0 Å².